The summed E-state index contributed by atoms with van der Waals surface area (Å²) in [6, 6.07) is 15.5. The Morgan fingerprint density at radius 3 is 2.67 bits per heavy atom. The van der Waals surface area contributed by atoms with Crippen molar-refractivity contribution in [3.05, 3.63) is 65.5 Å². The van der Waals surface area contributed by atoms with Crippen molar-refractivity contribution >= 4 is 5.69 Å². The van der Waals surface area contributed by atoms with Gasteiger partial charge >= 0.3 is 0 Å². The summed E-state index contributed by atoms with van der Waals surface area (Å²) in [5.74, 6) is 0.310. The van der Waals surface area contributed by atoms with E-state index in [1.54, 1.807) is 6.07 Å². The molecule has 21 heavy (non-hydrogen) atoms. The number of nitrogens with two attached hydrogens (primary N) is 1. The first-order chi connectivity index (χ1) is 10.2. The number of fused-ring (bicyclic) bond motifs is 1. The van der Waals surface area contributed by atoms with Gasteiger partial charge in [0.25, 0.3) is 0 Å². The zero-order chi connectivity index (χ0) is 14.8. The molecule has 3 heteroatoms. The second-order valence-electron chi connectivity index (χ2n) is 5.68. The molecule has 0 spiro atoms. The van der Waals surface area contributed by atoms with Crippen molar-refractivity contribution in [2.24, 2.45) is 5.73 Å². The van der Waals surface area contributed by atoms with E-state index >= 15 is 0 Å². The number of anilines is 1. The van der Waals surface area contributed by atoms with Crippen LogP contribution in [0.25, 0.3) is 0 Å². The third-order valence-electron chi connectivity index (χ3n) is 4.44. The second-order valence-corrected chi connectivity index (χ2v) is 5.68. The maximum Gasteiger partial charge on any atom is 0.128 e. The minimum absolute atomic E-state index is 0.0233. The van der Waals surface area contributed by atoms with E-state index in [0.29, 0.717) is 12.5 Å². The van der Waals surface area contributed by atoms with Gasteiger partial charge in [0.05, 0.1) is 6.04 Å². The fraction of sp³-hybridized carbons (Fsp3) is 0.333. The summed E-state index contributed by atoms with van der Waals surface area (Å²) in [6.07, 6.45) is 0.970. The summed E-state index contributed by atoms with van der Waals surface area (Å²) in [6.45, 7) is 3.66. The zero-order valence-electron chi connectivity index (χ0n) is 12.3. The number of benzene rings is 2. The Hall–Kier alpha value is -1.87. The minimum Gasteiger partial charge on any atom is -0.364 e. The molecule has 0 amide bonds. The molecule has 3 rings (SSSR count). The Morgan fingerprint density at radius 1 is 1.19 bits per heavy atom. The van der Waals surface area contributed by atoms with Crippen LogP contribution in [0.1, 0.15) is 36.4 Å². The number of rotatable bonds is 4. The van der Waals surface area contributed by atoms with E-state index in [0.717, 1.165) is 18.5 Å². The molecule has 2 aromatic carbocycles. The lowest BCUT2D eigenvalue weighted by Crippen LogP contribution is -2.26. The normalized spacial score (nSPS) is 18.6. The van der Waals surface area contributed by atoms with Crippen molar-refractivity contribution in [3.63, 3.8) is 0 Å². The van der Waals surface area contributed by atoms with E-state index in [4.69, 9.17) is 5.73 Å². The van der Waals surface area contributed by atoms with Gasteiger partial charge in [-0.3, -0.25) is 0 Å². The van der Waals surface area contributed by atoms with Gasteiger partial charge in [-0.25, -0.2) is 4.39 Å². The summed E-state index contributed by atoms with van der Waals surface area (Å²) in [7, 11) is 0. The molecular formula is C18H21FN2. The summed E-state index contributed by atoms with van der Waals surface area (Å²) < 4.78 is 14.1. The van der Waals surface area contributed by atoms with Gasteiger partial charge in [0.2, 0.25) is 0 Å². The van der Waals surface area contributed by atoms with Crippen molar-refractivity contribution in [2.45, 2.75) is 25.3 Å². The molecule has 0 saturated carbocycles. The van der Waals surface area contributed by atoms with Gasteiger partial charge in [-0.1, -0.05) is 36.4 Å². The predicted molar refractivity (Wildman–Crippen MR) is 85.0 cm³/mol. The van der Waals surface area contributed by atoms with E-state index in [1.165, 1.54) is 17.3 Å². The average Bonchev–Trinajstić information content (AvgIpc) is 2.87. The molecule has 1 heterocycles. The number of para-hydroxylation sites is 1. The van der Waals surface area contributed by atoms with Gasteiger partial charge in [-0.05, 0) is 37.6 Å². The standard InChI is InChI=1S/C18H21FN2/c1-13(15-6-2-4-8-17(15)19)21-12-14(10-11-20)16-7-3-5-9-18(16)21/h2-9,13-14H,10-12,20H2,1H3. The van der Waals surface area contributed by atoms with Crippen LogP contribution in [0.2, 0.25) is 0 Å². The molecule has 110 valence electrons. The van der Waals surface area contributed by atoms with Crippen molar-refractivity contribution < 1.29 is 4.39 Å². The molecule has 2 atom stereocenters. The zero-order valence-corrected chi connectivity index (χ0v) is 12.3. The predicted octanol–water partition coefficient (Wildman–Crippen LogP) is 3.84. The first-order valence-corrected chi connectivity index (χ1v) is 7.52. The van der Waals surface area contributed by atoms with Gasteiger partial charge in [0.1, 0.15) is 5.82 Å². The molecule has 1 aliphatic rings. The Labute approximate surface area is 125 Å². The van der Waals surface area contributed by atoms with Crippen LogP contribution in [0.4, 0.5) is 10.1 Å². The van der Waals surface area contributed by atoms with Crippen LogP contribution in [-0.4, -0.2) is 13.1 Å². The molecule has 0 fully saturated rings. The minimum atomic E-state index is -0.134. The molecule has 0 aliphatic carbocycles. The lowest BCUT2D eigenvalue weighted by Gasteiger charge is -2.28. The molecular weight excluding hydrogens is 263 g/mol. The van der Waals surface area contributed by atoms with Crippen LogP contribution in [0.5, 0.6) is 0 Å². The van der Waals surface area contributed by atoms with E-state index < -0.39 is 0 Å². The second kappa shape index (κ2) is 5.86. The smallest absolute Gasteiger partial charge is 0.128 e. The lowest BCUT2D eigenvalue weighted by atomic mass is 9.98. The number of nitrogens with zero attached hydrogens (tertiary/aromatic N) is 1. The van der Waals surface area contributed by atoms with Gasteiger partial charge in [0, 0.05) is 23.7 Å². The van der Waals surface area contributed by atoms with Crippen LogP contribution in [0.15, 0.2) is 48.5 Å². The maximum atomic E-state index is 14.1. The number of hydrogen-bond acceptors (Lipinski definition) is 2. The fourth-order valence-corrected chi connectivity index (χ4v) is 3.32. The maximum absolute atomic E-state index is 14.1. The highest BCUT2D eigenvalue weighted by Gasteiger charge is 2.31. The third kappa shape index (κ3) is 2.54. The van der Waals surface area contributed by atoms with Gasteiger partial charge in [-0.15, -0.1) is 0 Å². The average molecular weight is 284 g/mol. The van der Waals surface area contributed by atoms with Gasteiger partial charge in [0.15, 0.2) is 0 Å². The number of hydrogen-bond donors (Lipinski definition) is 1. The Bertz CT molecular complexity index is 626. The summed E-state index contributed by atoms with van der Waals surface area (Å²) >= 11 is 0. The largest absolute Gasteiger partial charge is 0.364 e. The van der Waals surface area contributed by atoms with E-state index in [-0.39, 0.29) is 11.9 Å². The first-order valence-electron chi connectivity index (χ1n) is 7.52. The fourth-order valence-electron chi connectivity index (χ4n) is 3.32. The summed E-state index contributed by atoms with van der Waals surface area (Å²) in [5.41, 5.74) is 9.05. The Balaban J connectivity index is 1.95. The van der Waals surface area contributed by atoms with Crippen LogP contribution < -0.4 is 10.6 Å². The monoisotopic (exact) mass is 284 g/mol. The van der Waals surface area contributed by atoms with Crippen LogP contribution in [-0.2, 0) is 0 Å². The quantitative estimate of drug-likeness (QED) is 0.924. The van der Waals surface area contributed by atoms with Crippen LogP contribution >= 0.6 is 0 Å². The topological polar surface area (TPSA) is 29.3 Å². The van der Waals surface area contributed by atoms with Crippen molar-refractivity contribution in [2.75, 3.05) is 18.0 Å². The molecule has 0 radical (unpaired) electrons. The van der Waals surface area contributed by atoms with Crippen LogP contribution in [0.3, 0.4) is 0 Å². The molecule has 2 nitrogen and oxygen atoms in total. The first kappa shape index (κ1) is 14.1. The molecule has 2 unspecified atom stereocenters. The van der Waals surface area contributed by atoms with Crippen molar-refractivity contribution in [3.8, 4) is 0 Å². The molecule has 0 saturated heterocycles. The molecule has 0 bridgehead atoms. The summed E-state index contributed by atoms with van der Waals surface area (Å²) in [5, 5.41) is 0. The molecule has 1 aliphatic heterocycles. The van der Waals surface area contributed by atoms with Crippen molar-refractivity contribution in [1.29, 1.82) is 0 Å². The molecule has 0 aromatic heterocycles. The molecule has 2 aromatic rings. The number of halogens is 1. The van der Waals surface area contributed by atoms with E-state index in [2.05, 4.69) is 30.0 Å². The van der Waals surface area contributed by atoms with Gasteiger partial charge < -0.3 is 10.6 Å². The third-order valence-corrected chi connectivity index (χ3v) is 4.44. The van der Waals surface area contributed by atoms with Crippen molar-refractivity contribution in [1.82, 2.24) is 0 Å². The van der Waals surface area contributed by atoms with E-state index in [9.17, 15) is 4.39 Å². The SMILES string of the molecule is CC(c1ccccc1F)N1CC(CCN)c2ccccc21. The summed E-state index contributed by atoms with van der Waals surface area (Å²) in [4.78, 5) is 2.30. The molecule has 2 N–H and O–H groups in total. The highest BCUT2D eigenvalue weighted by atomic mass is 19.1. The highest BCUT2D eigenvalue weighted by molar-refractivity contribution is 5.61. The lowest BCUT2D eigenvalue weighted by molar-refractivity contribution is 0.562. The van der Waals surface area contributed by atoms with Gasteiger partial charge in [-0.2, -0.15) is 0 Å². The highest BCUT2D eigenvalue weighted by Crippen LogP contribution is 2.42. The Morgan fingerprint density at radius 2 is 1.90 bits per heavy atom. The van der Waals surface area contributed by atoms with Crippen LogP contribution in [0, 0.1) is 5.82 Å². The Kier molecular flexibility index (Phi) is 3.93. The van der Waals surface area contributed by atoms with E-state index in [1.807, 2.05) is 18.2 Å².